The summed E-state index contributed by atoms with van der Waals surface area (Å²) in [5.74, 6) is 0.728. The van der Waals surface area contributed by atoms with E-state index in [-0.39, 0.29) is 6.23 Å². The van der Waals surface area contributed by atoms with Crippen molar-refractivity contribution in [3.63, 3.8) is 0 Å². The Morgan fingerprint density at radius 3 is 2.40 bits per heavy atom. The van der Waals surface area contributed by atoms with E-state index in [0.29, 0.717) is 0 Å². The average Bonchev–Trinajstić information content (AvgIpc) is 2.25. The SMILES string of the molecule is CO[C@@H](NCCC(C)C)c1ccccc1. The van der Waals surface area contributed by atoms with Gasteiger partial charge >= 0.3 is 0 Å². The minimum atomic E-state index is 0.0185. The van der Waals surface area contributed by atoms with Gasteiger partial charge in [0.25, 0.3) is 0 Å². The maximum absolute atomic E-state index is 5.41. The molecule has 0 radical (unpaired) electrons. The van der Waals surface area contributed by atoms with Gasteiger partial charge in [-0.15, -0.1) is 0 Å². The average molecular weight is 207 g/mol. The van der Waals surface area contributed by atoms with Gasteiger partial charge in [0.05, 0.1) is 0 Å². The van der Waals surface area contributed by atoms with Gasteiger partial charge in [-0.25, -0.2) is 0 Å². The van der Waals surface area contributed by atoms with Crippen molar-refractivity contribution in [2.75, 3.05) is 13.7 Å². The third-order valence-electron chi connectivity index (χ3n) is 2.39. The van der Waals surface area contributed by atoms with Gasteiger partial charge in [0.2, 0.25) is 0 Å². The van der Waals surface area contributed by atoms with Crippen LogP contribution in [0.3, 0.4) is 0 Å². The highest BCUT2D eigenvalue weighted by atomic mass is 16.5. The van der Waals surface area contributed by atoms with E-state index in [9.17, 15) is 0 Å². The molecule has 1 atom stereocenters. The highest BCUT2D eigenvalue weighted by Gasteiger charge is 2.08. The highest BCUT2D eigenvalue weighted by Crippen LogP contribution is 2.12. The Morgan fingerprint density at radius 2 is 1.87 bits per heavy atom. The summed E-state index contributed by atoms with van der Waals surface area (Å²) >= 11 is 0. The Kier molecular flexibility index (Phi) is 5.37. The second kappa shape index (κ2) is 6.59. The predicted octanol–water partition coefficient (Wildman–Crippen LogP) is 2.97. The van der Waals surface area contributed by atoms with Crippen molar-refractivity contribution in [3.8, 4) is 0 Å². The first kappa shape index (κ1) is 12.2. The highest BCUT2D eigenvalue weighted by molar-refractivity contribution is 5.16. The summed E-state index contributed by atoms with van der Waals surface area (Å²) in [6, 6.07) is 10.2. The van der Waals surface area contributed by atoms with Gasteiger partial charge in [-0.3, -0.25) is 5.32 Å². The first-order chi connectivity index (χ1) is 7.24. The summed E-state index contributed by atoms with van der Waals surface area (Å²) in [4.78, 5) is 0. The first-order valence-electron chi connectivity index (χ1n) is 5.55. The van der Waals surface area contributed by atoms with Crippen molar-refractivity contribution < 1.29 is 4.74 Å². The van der Waals surface area contributed by atoms with Gasteiger partial charge in [-0.05, 0) is 24.4 Å². The Morgan fingerprint density at radius 1 is 1.20 bits per heavy atom. The van der Waals surface area contributed by atoms with E-state index >= 15 is 0 Å². The van der Waals surface area contributed by atoms with E-state index in [2.05, 4.69) is 31.3 Å². The van der Waals surface area contributed by atoms with Crippen molar-refractivity contribution in [1.82, 2.24) is 5.32 Å². The van der Waals surface area contributed by atoms with Crippen LogP contribution in [0.1, 0.15) is 32.1 Å². The lowest BCUT2D eigenvalue weighted by molar-refractivity contribution is 0.0729. The fourth-order valence-electron chi connectivity index (χ4n) is 1.47. The topological polar surface area (TPSA) is 21.3 Å². The summed E-state index contributed by atoms with van der Waals surface area (Å²) in [5.41, 5.74) is 1.18. The second-order valence-electron chi connectivity index (χ2n) is 4.16. The van der Waals surface area contributed by atoms with Crippen LogP contribution in [0.15, 0.2) is 30.3 Å². The van der Waals surface area contributed by atoms with E-state index < -0.39 is 0 Å². The van der Waals surface area contributed by atoms with Gasteiger partial charge in [-0.2, -0.15) is 0 Å². The Labute approximate surface area is 92.6 Å². The minimum absolute atomic E-state index is 0.0185. The molecule has 1 aromatic carbocycles. The smallest absolute Gasteiger partial charge is 0.133 e. The fourth-order valence-corrected chi connectivity index (χ4v) is 1.47. The molecule has 0 aromatic heterocycles. The molecule has 2 nitrogen and oxygen atoms in total. The Bertz CT molecular complexity index is 258. The molecule has 1 rings (SSSR count). The standard InChI is InChI=1S/C13H21NO/c1-11(2)9-10-14-13(15-3)12-7-5-4-6-8-12/h4-8,11,13-14H,9-10H2,1-3H3/t13-/m1/s1. The van der Waals surface area contributed by atoms with E-state index in [0.717, 1.165) is 12.5 Å². The van der Waals surface area contributed by atoms with E-state index in [4.69, 9.17) is 4.74 Å². The molecule has 0 fully saturated rings. The number of hydrogen-bond acceptors (Lipinski definition) is 2. The number of hydrogen-bond donors (Lipinski definition) is 1. The predicted molar refractivity (Wildman–Crippen MR) is 63.6 cm³/mol. The number of ether oxygens (including phenoxy) is 1. The molecular weight excluding hydrogens is 186 g/mol. The fraction of sp³-hybridized carbons (Fsp3) is 0.538. The lowest BCUT2D eigenvalue weighted by Crippen LogP contribution is -2.24. The van der Waals surface area contributed by atoms with Crippen LogP contribution in [-0.2, 0) is 4.74 Å². The molecule has 0 aliphatic carbocycles. The quantitative estimate of drug-likeness (QED) is 0.724. The summed E-state index contributed by atoms with van der Waals surface area (Å²) in [6.45, 7) is 5.45. The van der Waals surface area contributed by atoms with Crippen LogP contribution in [0.2, 0.25) is 0 Å². The summed E-state index contributed by atoms with van der Waals surface area (Å²) in [6.07, 6.45) is 1.19. The van der Waals surface area contributed by atoms with Crippen LogP contribution in [0.5, 0.6) is 0 Å². The van der Waals surface area contributed by atoms with Crippen molar-refractivity contribution in [3.05, 3.63) is 35.9 Å². The third-order valence-corrected chi connectivity index (χ3v) is 2.39. The Balaban J connectivity index is 2.43. The van der Waals surface area contributed by atoms with Gasteiger partial charge < -0.3 is 4.74 Å². The zero-order chi connectivity index (χ0) is 11.1. The van der Waals surface area contributed by atoms with Crippen LogP contribution < -0.4 is 5.32 Å². The van der Waals surface area contributed by atoms with E-state index in [1.54, 1.807) is 7.11 Å². The molecule has 0 saturated carbocycles. The molecule has 0 unspecified atom stereocenters. The molecule has 0 amide bonds. The summed E-state index contributed by atoms with van der Waals surface area (Å²) in [7, 11) is 1.74. The maximum atomic E-state index is 5.41. The molecular formula is C13H21NO. The van der Waals surface area contributed by atoms with Gasteiger partial charge in [0, 0.05) is 7.11 Å². The third kappa shape index (κ3) is 4.45. The molecule has 0 aliphatic heterocycles. The number of rotatable bonds is 6. The van der Waals surface area contributed by atoms with Crippen LogP contribution in [0.25, 0.3) is 0 Å². The molecule has 84 valence electrons. The minimum Gasteiger partial charge on any atom is -0.362 e. The molecule has 1 N–H and O–H groups in total. The van der Waals surface area contributed by atoms with Crippen LogP contribution in [0, 0.1) is 5.92 Å². The first-order valence-corrected chi connectivity index (χ1v) is 5.55. The van der Waals surface area contributed by atoms with Crippen molar-refractivity contribution >= 4 is 0 Å². The zero-order valence-electron chi connectivity index (χ0n) is 9.86. The molecule has 0 saturated heterocycles. The van der Waals surface area contributed by atoms with Gasteiger partial charge in [-0.1, -0.05) is 44.2 Å². The monoisotopic (exact) mass is 207 g/mol. The number of benzene rings is 1. The van der Waals surface area contributed by atoms with Crippen molar-refractivity contribution in [2.24, 2.45) is 5.92 Å². The summed E-state index contributed by atoms with van der Waals surface area (Å²) < 4.78 is 5.41. The van der Waals surface area contributed by atoms with Crippen LogP contribution in [-0.4, -0.2) is 13.7 Å². The largest absolute Gasteiger partial charge is 0.362 e. The Hall–Kier alpha value is -0.860. The number of methoxy groups -OCH3 is 1. The molecule has 0 heterocycles. The zero-order valence-corrected chi connectivity index (χ0v) is 9.86. The molecule has 0 spiro atoms. The molecule has 0 aliphatic rings. The van der Waals surface area contributed by atoms with Crippen LogP contribution in [0.4, 0.5) is 0 Å². The molecule has 1 aromatic rings. The molecule has 2 heteroatoms. The lowest BCUT2D eigenvalue weighted by atomic mass is 10.1. The van der Waals surface area contributed by atoms with E-state index in [1.165, 1.54) is 12.0 Å². The van der Waals surface area contributed by atoms with Gasteiger partial charge in [0.15, 0.2) is 0 Å². The maximum Gasteiger partial charge on any atom is 0.133 e. The number of nitrogens with one attached hydrogen (secondary N) is 1. The van der Waals surface area contributed by atoms with Crippen molar-refractivity contribution in [1.29, 1.82) is 0 Å². The normalized spacial score (nSPS) is 13.1. The van der Waals surface area contributed by atoms with Crippen molar-refractivity contribution in [2.45, 2.75) is 26.5 Å². The second-order valence-corrected chi connectivity index (χ2v) is 4.16. The van der Waals surface area contributed by atoms with E-state index in [1.807, 2.05) is 18.2 Å². The molecule has 15 heavy (non-hydrogen) atoms. The molecule has 0 bridgehead atoms. The van der Waals surface area contributed by atoms with Crippen LogP contribution >= 0.6 is 0 Å². The summed E-state index contributed by atoms with van der Waals surface area (Å²) in [5, 5.41) is 3.39. The lowest BCUT2D eigenvalue weighted by Gasteiger charge is -2.18. The van der Waals surface area contributed by atoms with Gasteiger partial charge in [0.1, 0.15) is 6.23 Å².